The Morgan fingerprint density at radius 1 is 0.733 bits per heavy atom. The second kappa shape index (κ2) is 8.97. The quantitative estimate of drug-likeness (QED) is 0.395. The summed E-state index contributed by atoms with van der Waals surface area (Å²) in [4.78, 5) is 0. The third-order valence-electron chi connectivity index (χ3n) is 5.39. The van der Waals surface area contributed by atoms with Crippen molar-refractivity contribution < 1.29 is 13.6 Å². The molecule has 0 saturated heterocycles. The molecule has 3 aromatic rings. The van der Waals surface area contributed by atoms with Crippen molar-refractivity contribution in [2.75, 3.05) is 5.09 Å². The molecule has 0 saturated carbocycles. The predicted octanol–water partition coefficient (Wildman–Crippen LogP) is 7.72. The van der Waals surface area contributed by atoms with Gasteiger partial charge in [-0.3, -0.25) is 5.09 Å². The average molecular weight is 423 g/mol. The molecule has 0 aliphatic rings. The zero-order chi connectivity index (χ0) is 21.9. The van der Waals surface area contributed by atoms with Gasteiger partial charge in [-0.15, -0.1) is 0 Å². The van der Waals surface area contributed by atoms with Crippen molar-refractivity contribution in [1.82, 2.24) is 0 Å². The fraction of sp³-hybridized carbons (Fsp3) is 0.280. The van der Waals surface area contributed by atoms with Crippen molar-refractivity contribution in [2.45, 2.75) is 47.5 Å². The smallest absolute Gasteiger partial charge is 0.400 e. The Labute approximate surface area is 179 Å². The molecule has 0 unspecified atom stereocenters. The maximum Gasteiger partial charge on any atom is 0.541 e. The maximum absolute atomic E-state index is 13.9. The Bertz CT molecular complexity index is 1020. The van der Waals surface area contributed by atoms with E-state index in [9.17, 15) is 4.57 Å². The van der Waals surface area contributed by atoms with Crippen LogP contribution in [0.2, 0.25) is 0 Å². The molecule has 1 N–H and O–H groups in total. The molecule has 158 valence electrons. The van der Waals surface area contributed by atoms with E-state index in [2.05, 4.69) is 18.9 Å². The van der Waals surface area contributed by atoms with Crippen molar-refractivity contribution in [3.05, 3.63) is 88.5 Å². The molecular weight excluding hydrogens is 393 g/mol. The largest absolute Gasteiger partial charge is 0.541 e. The third kappa shape index (κ3) is 5.06. The first kappa shape index (κ1) is 22.0. The summed E-state index contributed by atoms with van der Waals surface area (Å²) in [5, 5.41) is 3.02. The first-order valence-electron chi connectivity index (χ1n) is 10.2. The van der Waals surface area contributed by atoms with Gasteiger partial charge in [-0.1, -0.05) is 50.2 Å². The molecule has 3 rings (SSSR count). The van der Waals surface area contributed by atoms with Crippen LogP contribution in [-0.2, 0) is 4.57 Å². The molecule has 0 fully saturated rings. The first-order valence-corrected chi connectivity index (χ1v) is 11.7. The van der Waals surface area contributed by atoms with Gasteiger partial charge in [-0.2, -0.15) is 0 Å². The molecule has 0 aromatic heterocycles. The number of anilines is 1. The number of hydrogen-bond donors (Lipinski definition) is 1. The lowest BCUT2D eigenvalue weighted by molar-refractivity contribution is 0.390. The fourth-order valence-electron chi connectivity index (χ4n) is 3.07. The highest BCUT2D eigenvalue weighted by Crippen LogP contribution is 2.50. The molecule has 0 aliphatic carbocycles. The maximum atomic E-state index is 13.9. The van der Waals surface area contributed by atoms with Crippen molar-refractivity contribution in [3.63, 3.8) is 0 Å². The van der Waals surface area contributed by atoms with E-state index in [0.717, 1.165) is 22.3 Å². The van der Waals surface area contributed by atoms with E-state index in [1.807, 2.05) is 88.4 Å². The molecule has 0 amide bonds. The fourth-order valence-corrected chi connectivity index (χ4v) is 4.58. The van der Waals surface area contributed by atoms with Crippen LogP contribution in [0.3, 0.4) is 0 Å². The summed E-state index contributed by atoms with van der Waals surface area (Å²) in [5.74, 6) is 1.49. The molecule has 5 heteroatoms. The van der Waals surface area contributed by atoms with Crippen LogP contribution in [0.5, 0.6) is 11.5 Å². The van der Waals surface area contributed by atoms with Gasteiger partial charge in [0.15, 0.2) is 0 Å². The average Bonchev–Trinajstić information content (AvgIpc) is 2.69. The summed E-state index contributed by atoms with van der Waals surface area (Å²) in [6, 6.07) is 19.2. The Morgan fingerprint density at radius 3 is 1.63 bits per heavy atom. The minimum absolute atomic E-state index is 0.420. The minimum Gasteiger partial charge on any atom is -0.400 e. The Balaban J connectivity index is 1.97. The SMILES string of the molecule is Cc1cccc(OP(=O)(Nc2ccc(C(C)C)cc2)Oc2cccc(C)c2C)c1C. The van der Waals surface area contributed by atoms with Crippen LogP contribution in [0.1, 0.15) is 47.6 Å². The Hall–Kier alpha value is -2.71. The van der Waals surface area contributed by atoms with Crippen LogP contribution >= 0.6 is 7.75 Å². The lowest BCUT2D eigenvalue weighted by Gasteiger charge is -2.23. The van der Waals surface area contributed by atoms with Gasteiger partial charge in [-0.25, -0.2) is 4.57 Å². The van der Waals surface area contributed by atoms with Crippen molar-refractivity contribution >= 4 is 13.4 Å². The van der Waals surface area contributed by atoms with Gasteiger partial charge in [0.05, 0.1) is 0 Å². The van der Waals surface area contributed by atoms with Gasteiger partial charge in [0.25, 0.3) is 0 Å². The summed E-state index contributed by atoms with van der Waals surface area (Å²) >= 11 is 0. The van der Waals surface area contributed by atoms with Crippen LogP contribution in [0.25, 0.3) is 0 Å². The lowest BCUT2D eigenvalue weighted by atomic mass is 10.0. The van der Waals surface area contributed by atoms with Crippen LogP contribution in [-0.4, -0.2) is 0 Å². The van der Waals surface area contributed by atoms with Crippen molar-refractivity contribution in [1.29, 1.82) is 0 Å². The van der Waals surface area contributed by atoms with Gasteiger partial charge in [0.1, 0.15) is 11.5 Å². The summed E-state index contributed by atoms with van der Waals surface area (Å²) in [6.07, 6.45) is 0. The highest BCUT2D eigenvalue weighted by atomic mass is 31.2. The first-order chi connectivity index (χ1) is 14.2. The molecule has 0 radical (unpaired) electrons. The summed E-state index contributed by atoms with van der Waals surface area (Å²) in [5.41, 5.74) is 5.87. The second-order valence-electron chi connectivity index (χ2n) is 7.96. The number of aryl methyl sites for hydroxylation is 2. The molecule has 30 heavy (non-hydrogen) atoms. The van der Waals surface area contributed by atoms with Crippen molar-refractivity contribution in [3.8, 4) is 11.5 Å². The van der Waals surface area contributed by atoms with E-state index in [1.54, 1.807) is 0 Å². The molecule has 3 aromatic carbocycles. The predicted molar refractivity (Wildman–Crippen MR) is 125 cm³/mol. The van der Waals surface area contributed by atoms with Crippen LogP contribution in [0.4, 0.5) is 5.69 Å². The van der Waals surface area contributed by atoms with Gasteiger partial charge >= 0.3 is 7.75 Å². The molecule has 4 nitrogen and oxygen atoms in total. The standard InChI is InChI=1S/C25H30NO3P/c1-17(2)22-13-15-23(16-14-22)26-30(27,28-24-11-7-9-18(3)20(24)5)29-25-12-8-10-19(4)21(25)6/h7-17H,1-6H3,(H,26,27). The van der Waals surface area contributed by atoms with Crippen molar-refractivity contribution in [2.24, 2.45) is 0 Å². The highest BCUT2D eigenvalue weighted by molar-refractivity contribution is 7.56. The summed E-state index contributed by atoms with van der Waals surface area (Å²) in [7, 11) is -3.77. The number of nitrogens with one attached hydrogen (secondary N) is 1. The topological polar surface area (TPSA) is 47.6 Å². The molecular formula is C25H30NO3P. The van der Waals surface area contributed by atoms with Gasteiger partial charge in [0, 0.05) is 5.69 Å². The van der Waals surface area contributed by atoms with Gasteiger partial charge in [-0.05, 0) is 85.7 Å². The third-order valence-corrected chi connectivity index (χ3v) is 6.80. The monoisotopic (exact) mass is 423 g/mol. The molecule has 0 aliphatic heterocycles. The van der Waals surface area contributed by atoms with Gasteiger partial charge < -0.3 is 9.05 Å². The minimum atomic E-state index is -3.77. The molecule has 0 atom stereocenters. The Kier molecular flexibility index (Phi) is 6.58. The highest BCUT2D eigenvalue weighted by Gasteiger charge is 2.30. The van der Waals surface area contributed by atoms with E-state index >= 15 is 0 Å². The van der Waals surface area contributed by atoms with Crippen LogP contribution < -0.4 is 14.1 Å². The van der Waals surface area contributed by atoms with E-state index in [0.29, 0.717) is 23.1 Å². The van der Waals surface area contributed by atoms with Gasteiger partial charge in [0.2, 0.25) is 0 Å². The Morgan fingerprint density at radius 2 is 1.20 bits per heavy atom. The number of benzene rings is 3. The normalized spacial score (nSPS) is 11.4. The molecule has 0 heterocycles. The van der Waals surface area contributed by atoms with Crippen LogP contribution in [0, 0.1) is 27.7 Å². The number of rotatable bonds is 7. The summed E-state index contributed by atoms with van der Waals surface area (Å²) < 4.78 is 25.9. The van der Waals surface area contributed by atoms with Crippen LogP contribution in [0.15, 0.2) is 60.7 Å². The van der Waals surface area contributed by atoms with E-state index < -0.39 is 7.75 Å². The zero-order valence-corrected chi connectivity index (χ0v) is 19.4. The molecule has 0 spiro atoms. The van der Waals surface area contributed by atoms with E-state index in [-0.39, 0.29) is 0 Å². The lowest BCUT2D eigenvalue weighted by Crippen LogP contribution is -2.11. The zero-order valence-electron chi connectivity index (χ0n) is 18.5. The molecule has 0 bridgehead atoms. The number of hydrogen-bond acceptors (Lipinski definition) is 3. The summed E-state index contributed by atoms with van der Waals surface area (Å²) in [6.45, 7) is 12.2. The second-order valence-corrected chi connectivity index (χ2v) is 9.55. The van der Waals surface area contributed by atoms with E-state index in [4.69, 9.17) is 9.05 Å². The van der Waals surface area contributed by atoms with E-state index in [1.165, 1.54) is 5.56 Å².